The topological polar surface area (TPSA) is 89.8 Å². The summed E-state index contributed by atoms with van der Waals surface area (Å²) in [5.74, 6) is -0.766. The molecule has 0 bridgehead atoms. The summed E-state index contributed by atoms with van der Waals surface area (Å²) in [6.45, 7) is 0.449. The minimum Gasteiger partial charge on any atom is -0.482 e. The van der Waals surface area contributed by atoms with Crippen molar-refractivity contribution in [3.05, 3.63) is 62.9 Å². The SMILES string of the molecule is O=[N+]([O-])c1cc(S(=O)(=O)N2CCCC2)ccc1OCc1c(F)cccc1Cl. The number of sulfonamides is 1. The number of benzene rings is 2. The van der Waals surface area contributed by atoms with Crippen LogP contribution in [0.15, 0.2) is 41.3 Å². The lowest BCUT2D eigenvalue weighted by molar-refractivity contribution is -0.386. The van der Waals surface area contributed by atoms with E-state index in [0.717, 1.165) is 18.9 Å². The fourth-order valence-corrected chi connectivity index (χ4v) is 4.58. The molecule has 10 heteroatoms. The third-order valence-electron chi connectivity index (χ3n) is 4.26. The molecule has 2 aromatic carbocycles. The molecule has 27 heavy (non-hydrogen) atoms. The molecule has 1 fully saturated rings. The molecule has 2 aromatic rings. The average molecular weight is 415 g/mol. The molecule has 0 radical (unpaired) electrons. The summed E-state index contributed by atoms with van der Waals surface area (Å²) in [4.78, 5) is 10.5. The number of nitrogens with zero attached hydrogens (tertiary/aromatic N) is 2. The van der Waals surface area contributed by atoms with Gasteiger partial charge in [-0.05, 0) is 37.1 Å². The third kappa shape index (κ3) is 4.05. The van der Waals surface area contributed by atoms with Crippen LogP contribution < -0.4 is 4.74 Å². The predicted molar refractivity (Wildman–Crippen MR) is 96.8 cm³/mol. The highest BCUT2D eigenvalue weighted by molar-refractivity contribution is 7.89. The lowest BCUT2D eigenvalue weighted by Gasteiger charge is -2.16. The molecule has 1 saturated heterocycles. The van der Waals surface area contributed by atoms with E-state index in [2.05, 4.69) is 0 Å². The summed E-state index contributed by atoms with van der Waals surface area (Å²) in [5, 5.41) is 11.5. The quantitative estimate of drug-likeness (QED) is 0.530. The van der Waals surface area contributed by atoms with Crippen LogP contribution in [-0.2, 0) is 16.6 Å². The molecule has 1 aliphatic rings. The molecule has 0 amide bonds. The Morgan fingerprint density at radius 2 is 1.93 bits per heavy atom. The minimum absolute atomic E-state index is 0.0576. The molecule has 3 rings (SSSR count). The summed E-state index contributed by atoms with van der Waals surface area (Å²) in [6, 6.07) is 7.52. The second-order valence-corrected chi connectivity index (χ2v) is 8.33. The van der Waals surface area contributed by atoms with Gasteiger partial charge in [-0.1, -0.05) is 17.7 Å². The first-order valence-corrected chi connectivity index (χ1v) is 9.97. The zero-order valence-electron chi connectivity index (χ0n) is 14.1. The van der Waals surface area contributed by atoms with Crippen molar-refractivity contribution in [2.24, 2.45) is 0 Å². The van der Waals surface area contributed by atoms with Gasteiger partial charge in [0, 0.05) is 24.7 Å². The zero-order chi connectivity index (χ0) is 19.6. The maximum absolute atomic E-state index is 13.8. The number of hydrogen-bond acceptors (Lipinski definition) is 5. The van der Waals surface area contributed by atoms with Gasteiger partial charge >= 0.3 is 5.69 Å². The van der Waals surface area contributed by atoms with E-state index in [0.29, 0.717) is 13.1 Å². The summed E-state index contributed by atoms with van der Waals surface area (Å²) in [7, 11) is -3.80. The van der Waals surface area contributed by atoms with Crippen molar-refractivity contribution >= 4 is 27.3 Å². The van der Waals surface area contributed by atoms with Gasteiger partial charge in [0.25, 0.3) is 0 Å². The lowest BCUT2D eigenvalue weighted by Crippen LogP contribution is -2.27. The Morgan fingerprint density at radius 1 is 1.22 bits per heavy atom. The van der Waals surface area contributed by atoms with Gasteiger partial charge < -0.3 is 4.74 Å². The van der Waals surface area contributed by atoms with Gasteiger partial charge in [-0.2, -0.15) is 4.31 Å². The Morgan fingerprint density at radius 3 is 2.56 bits per heavy atom. The normalized spacial score (nSPS) is 15.0. The lowest BCUT2D eigenvalue weighted by atomic mass is 10.2. The molecule has 0 unspecified atom stereocenters. The van der Waals surface area contributed by atoms with Gasteiger partial charge in [0.05, 0.1) is 14.8 Å². The van der Waals surface area contributed by atoms with Crippen LogP contribution in [0.2, 0.25) is 5.02 Å². The van der Waals surface area contributed by atoms with Crippen LogP contribution in [0.5, 0.6) is 5.75 Å². The first-order chi connectivity index (χ1) is 12.8. The van der Waals surface area contributed by atoms with Gasteiger partial charge in [0.1, 0.15) is 12.4 Å². The standard InChI is InChI=1S/C17H16ClFN2O5S/c18-14-4-3-5-15(19)13(14)11-26-17-7-6-12(10-16(17)21(22)23)27(24,25)20-8-1-2-9-20/h3-7,10H,1-2,8-9,11H2. The van der Waals surface area contributed by atoms with Gasteiger partial charge in [0.15, 0.2) is 5.75 Å². The Balaban J connectivity index is 1.89. The molecular formula is C17H16ClFN2O5S. The van der Waals surface area contributed by atoms with E-state index in [9.17, 15) is 22.9 Å². The molecular weight excluding hydrogens is 399 g/mol. The number of nitro groups is 1. The van der Waals surface area contributed by atoms with E-state index in [4.69, 9.17) is 16.3 Å². The minimum atomic E-state index is -3.80. The van der Waals surface area contributed by atoms with Crippen LogP contribution in [0.25, 0.3) is 0 Å². The zero-order valence-corrected chi connectivity index (χ0v) is 15.7. The van der Waals surface area contributed by atoms with Crippen molar-refractivity contribution < 1.29 is 22.5 Å². The largest absolute Gasteiger partial charge is 0.482 e. The monoisotopic (exact) mass is 414 g/mol. The summed E-state index contributed by atoms with van der Waals surface area (Å²) in [6.07, 6.45) is 1.51. The number of halogens is 2. The molecule has 7 nitrogen and oxygen atoms in total. The molecule has 0 saturated carbocycles. The molecule has 0 N–H and O–H groups in total. The first kappa shape index (κ1) is 19.5. The second-order valence-electron chi connectivity index (χ2n) is 5.99. The van der Waals surface area contributed by atoms with Gasteiger partial charge in [0.2, 0.25) is 10.0 Å². The van der Waals surface area contributed by atoms with Crippen LogP contribution in [0.4, 0.5) is 10.1 Å². The Labute approximate surface area is 160 Å². The van der Waals surface area contributed by atoms with Crippen molar-refractivity contribution in [2.75, 3.05) is 13.1 Å². The molecule has 0 atom stereocenters. The highest BCUT2D eigenvalue weighted by Crippen LogP contribution is 2.33. The predicted octanol–water partition coefficient (Wildman–Crippen LogP) is 3.75. The molecule has 0 spiro atoms. The Kier molecular flexibility index (Phi) is 5.64. The van der Waals surface area contributed by atoms with Gasteiger partial charge in [-0.15, -0.1) is 0 Å². The molecule has 1 aliphatic heterocycles. The number of rotatable bonds is 6. The van der Waals surface area contributed by atoms with Crippen molar-refractivity contribution in [3.8, 4) is 5.75 Å². The molecule has 1 heterocycles. The van der Waals surface area contributed by atoms with Crippen molar-refractivity contribution in [1.29, 1.82) is 0 Å². The molecule has 0 aromatic heterocycles. The van der Waals surface area contributed by atoms with Crippen LogP contribution in [0, 0.1) is 15.9 Å². The van der Waals surface area contributed by atoms with Crippen LogP contribution in [0.1, 0.15) is 18.4 Å². The maximum Gasteiger partial charge on any atom is 0.312 e. The van der Waals surface area contributed by atoms with E-state index in [-0.39, 0.29) is 27.8 Å². The van der Waals surface area contributed by atoms with Crippen LogP contribution in [0.3, 0.4) is 0 Å². The number of nitro benzene ring substituents is 1. The fraction of sp³-hybridized carbons (Fsp3) is 0.294. The van der Waals surface area contributed by atoms with E-state index in [1.165, 1.54) is 34.6 Å². The summed E-state index contributed by atoms with van der Waals surface area (Å²) < 4.78 is 45.7. The first-order valence-electron chi connectivity index (χ1n) is 8.15. The van der Waals surface area contributed by atoms with E-state index in [1.807, 2.05) is 0 Å². The van der Waals surface area contributed by atoms with Crippen molar-refractivity contribution in [2.45, 2.75) is 24.3 Å². The van der Waals surface area contributed by atoms with E-state index >= 15 is 0 Å². The summed E-state index contributed by atoms with van der Waals surface area (Å²) >= 11 is 5.92. The average Bonchev–Trinajstić information content (AvgIpc) is 3.16. The van der Waals surface area contributed by atoms with Crippen molar-refractivity contribution in [1.82, 2.24) is 4.31 Å². The van der Waals surface area contributed by atoms with Crippen LogP contribution >= 0.6 is 11.6 Å². The second kappa shape index (κ2) is 7.79. The van der Waals surface area contributed by atoms with E-state index in [1.54, 1.807) is 0 Å². The summed E-state index contributed by atoms with van der Waals surface area (Å²) in [5.41, 5.74) is -0.454. The van der Waals surface area contributed by atoms with Crippen molar-refractivity contribution in [3.63, 3.8) is 0 Å². The smallest absolute Gasteiger partial charge is 0.312 e. The Hall–Kier alpha value is -2.23. The molecule has 0 aliphatic carbocycles. The van der Waals surface area contributed by atoms with Gasteiger partial charge in [-0.25, -0.2) is 12.8 Å². The fourth-order valence-electron chi connectivity index (χ4n) is 2.82. The highest BCUT2D eigenvalue weighted by atomic mass is 35.5. The third-order valence-corrected chi connectivity index (χ3v) is 6.51. The molecule has 144 valence electrons. The van der Waals surface area contributed by atoms with E-state index < -0.39 is 26.5 Å². The van der Waals surface area contributed by atoms with Crippen LogP contribution in [-0.4, -0.2) is 30.7 Å². The number of hydrogen-bond donors (Lipinski definition) is 0. The number of ether oxygens (including phenoxy) is 1. The maximum atomic E-state index is 13.8. The Bertz CT molecular complexity index is 957. The van der Waals surface area contributed by atoms with Gasteiger partial charge in [-0.3, -0.25) is 10.1 Å². The highest BCUT2D eigenvalue weighted by Gasteiger charge is 2.30.